The Bertz CT molecular complexity index is 103. The highest BCUT2D eigenvalue weighted by atomic mass is 32.2. The molecular weight excluding hydrogens is 130 g/mol. The first-order valence-electron chi connectivity index (χ1n) is 2.23. The van der Waals surface area contributed by atoms with Crippen molar-refractivity contribution in [2.75, 3.05) is 13.3 Å². The fourth-order valence-corrected chi connectivity index (χ4v) is 0.397. The normalized spacial score (nSPS) is 10.2. The molecule has 0 aliphatic carbocycles. The van der Waals surface area contributed by atoms with E-state index in [-0.39, 0.29) is 6.73 Å². The molecule has 0 rings (SSSR count). The Kier molecular flexibility index (Phi) is 4.93. The molecule has 0 saturated carbocycles. The van der Waals surface area contributed by atoms with Gasteiger partial charge in [-0.3, -0.25) is 0 Å². The largest absolute Gasteiger partial charge is 0.366 e. The zero-order valence-corrected chi connectivity index (χ0v) is 5.48. The van der Waals surface area contributed by atoms with Crippen molar-refractivity contribution in [2.24, 2.45) is 0 Å². The van der Waals surface area contributed by atoms with Gasteiger partial charge in [-0.1, -0.05) is 0 Å². The standard InChI is InChI=1S/C3H9NO3S/c1-2-7-3-4-8(5)6/h8H,2-3H2,1H3,(H,4,5,6). The van der Waals surface area contributed by atoms with E-state index in [9.17, 15) is 8.42 Å². The molecule has 0 atom stereocenters. The molecule has 0 fully saturated rings. The first-order valence-corrected chi connectivity index (χ1v) is 3.40. The Morgan fingerprint density at radius 1 is 1.62 bits per heavy atom. The van der Waals surface area contributed by atoms with Crippen LogP contribution in [0.5, 0.6) is 0 Å². The Morgan fingerprint density at radius 3 is 2.62 bits per heavy atom. The molecule has 0 aromatic rings. The molecule has 0 amide bonds. The molecule has 4 nitrogen and oxygen atoms in total. The van der Waals surface area contributed by atoms with E-state index in [2.05, 4.69) is 9.46 Å². The zero-order chi connectivity index (χ0) is 6.41. The number of ether oxygens (including phenoxy) is 1. The Morgan fingerprint density at radius 2 is 2.25 bits per heavy atom. The van der Waals surface area contributed by atoms with E-state index in [1.54, 1.807) is 6.92 Å². The summed E-state index contributed by atoms with van der Waals surface area (Å²) in [6, 6.07) is 0. The number of nitrogens with one attached hydrogen (secondary N) is 1. The molecular formula is C3H9NO3S. The molecule has 0 bridgehead atoms. The minimum Gasteiger partial charge on any atom is -0.366 e. The van der Waals surface area contributed by atoms with Crippen LogP contribution in [-0.4, -0.2) is 21.8 Å². The second kappa shape index (κ2) is 5.02. The minimum absolute atomic E-state index is 0.0786. The van der Waals surface area contributed by atoms with Gasteiger partial charge in [0.15, 0.2) is 0 Å². The molecule has 0 saturated heterocycles. The SMILES string of the molecule is CCOCN[SH](=O)=O. The van der Waals surface area contributed by atoms with Gasteiger partial charge in [0.25, 0.3) is 0 Å². The van der Waals surface area contributed by atoms with Crippen molar-refractivity contribution >= 4 is 10.9 Å². The summed E-state index contributed by atoms with van der Waals surface area (Å²) in [6.07, 6.45) is 0. The molecule has 0 aromatic heterocycles. The van der Waals surface area contributed by atoms with Gasteiger partial charge in [-0.15, -0.1) is 0 Å². The van der Waals surface area contributed by atoms with Crippen LogP contribution in [0.3, 0.4) is 0 Å². The van der Waals surface area contributed by atoms with Crippen molar-refractivity contribution < 1.29 is 13.2 Å². The summed E-state index contributed by atoms with van der Waals surface area (Å²) >= 11 is 0. The highest BCUT2D eigenvalue weighted by molar-refractivity contribution is 7.70. The van der Waals surface area contributed by atoms with E-state index in [1.165, 1.54) is 0 Å². The molecule has 0 radical (unpaired) electrons. The maximum Gasteiger partial charge on any atom is 0.203 e. The van der Waals surface area contributed by atoms with Crippen LogP contribution in [0.25, 0.3) is 0 Å². The summed E-state index contributed by atoms with van der Waals surface area (Å²) in [5.74, 6) is 0. The van der Waals surface area contributed by atoms with Gasteiger partial charge in [-0.25, -0.2) is 8.42 Å². The monoisotopic (exact) mass is 139 g/mol. The number of hydrogen-bond acceptors (Lipinski definition) is 3. The predicted octanol–water partition coefficient (Wildman–Crippen LogP) is -0.904. The first kappa shape index (κ1) is 7.87. The summed E-state index contributed by atoms with van der Waals surface area (Å²) in [7, 11) is -2.49. The van der Waals surface area contributed by atoms with Gasteiger partial charge in [0, 0.05) is 6.61 Å². The minimum atomic E-state index is -2.49. The molecule has 0 aromatic carbocycles. The lowest BCUT2D eigenvalue weighted by Crippen LogP contribution is -2.15. The number of rotatable bonds is 4. The van der Waals surface area contributed by atoms with Gasteiger partial charge < -0.3 is 4.74 Å². The van der Waals surface area contributed by atoms with Crippen LogP contribution >= 0.6 is 0 Å². The van der Waals surface area contributed by atoms with E-state index in [0.717, 1.165) is 0 Å². The van der Waals surface area contributed by atoms with Crippen LogP contribution < -0.4 is 4.72 Å². The van der Waals surface area contributed by atoms with Crippen molar-refractivity contribution in [3.63, 3.8) is 0 Å². The average molecular weight is 139 g/mol. The fourth-order valence-electron chi connectivity index (χ4n) is 0.200. The van der Waals surface area contributed by atoms with Gasteiger partial charge in [-0.2, -0.15) is 4.72 Å². The third kappa shape index (κ3) is 5.87. The molecule has 5 heteroatoms. The molecule has 0 aliphatic rings. The van der Waals surface area contributed by atoms with Gasteiger partial charge in [0.2, 0.25) is 10.9 Å². The summed E-state index contributed by atoms with van der Waals surface area (Å²) in [5.41, 5.74) is 0. The quantitative estimate of drug-likeness (QED) is 0.301. The van der Waals surface area contributed by atoms with Crippen LogP contribution in [-0.2, 0) is 15.6 Å². The van der Waals surface area contributed by atoms with Crippen LogP contribution in [0.2, 0.25) is 0 Å². The van der Waals surface area contributed by atoms with Gasteiger partial charge >= 0.3 is 0 Å². The lowest BCUT2D eigenvalue weighted by Gasteiger charge is -1.93. The maximum atomic E-state index is 9.72. The van der Waals surface area contributed by atoms with E-state index >= 15 is 0 Å². The third-order valence-electron chi connectivity index (χ3n) is 0.500. The van der Waals surface area contributed by atoms with Crippen molar-refractivity contribution in [3.8, 4) is 0 Å². The maximum absolute atomic E-state index is 9.72. The van der Waals surface area contributed by atoms with Crippen LogP contribution in [0.1, 0.15) is 6.92 Å². The Labute approximate surface area is 49.9 Å². The second-order valence-corrected chi connectivity index (χ2v) is 1.88. The predicted molar refractivity (Wildman–Crippen MR) is 29.9 cm³/mol. The van der Waals surface area contributed by atoms with Gasteiger partial charge in [0.05, 0.1) is 0 Å². The highest BCUT2D eigenvalue weighted by Crippen LogP contribution is 1.64. The average Bonchev–Trinajstić information content (AvgIpc) is 1.66. The molecule has 8 heavy (non-hydrogen) atoms. The lowest BCUT2D eigenvalue weighted by atomic mass is 10.9. The highest BCUT2D eigenvalue weighted by Gasteiger charge is 1.80. The molecule has 50 valence electrons. The van der Waals surface area contributed by atoms with E-state index in [0.29, 0.717) is 6.61 Å². The first-order chi connectivity index (χ1) is 3.77. The summed E-state index contributed by atoms with van der Waals surface area (Å²) < 4.78 is 26.2. The zero-order valence-electron chi connectivity index (χ0n) is 4.59. The summed E-state index contributed by atoms with van der Waals surface area (Å²) in [4.78, 5) is 0. The smallest absolute Gasteiger partial charge is 0.203 e. The Balaban J connectivity index is 2.94. The van der Waals surface area contributed by atoms with Crippen LogP contribution in [0, 0.1) is 0 Å². The van der Waals surface area contributed by atoms with E-state index in [4.69, 9.17) is 0 Å². The second-order valence-electron chi connectivity index (χ2n) is 1.05. The van der Waals surface area contributed by atoms with Crippen LogP contribution in [0.4, 0.5) is 0 Å². The van der Waals surface area contributed by atoms with Crippen molar-refractivity contribution in [1.82, 2.24) is 4.72 Å². The molecule has 0 aliphatic heterocycles. The lowest BCUT2D eigenvalue weighted by molar-refractivity contribution is 0.145. The van der Waals surface area contributed by atoms with Crippen molar-refractivity contribution in [2.45, 2.75) is 6.92 Å². The third-order valence-corrected chi connectivity index (χ3v) is 0.887. The van der Waals surface area contributed by atoms with Gasteiger partial charge in [-0.05, 0) is 6.92 Å². The topological polar surface area (TPSA) is 55.4 Å². The van der Waals surface area contributed by atoms with Crippen LogP contribution in [0.15, 0.2) is 0 Å². The Hall–Kier alpha value is -0.130. The van der Waals surface area contributed by atoms with E-state index < -0.39 is 10.9 Å². The fraction of sp³-hybridized carbons (Fsp3) is 1.00. The molecule has 0 heterocycles. The van der Waals surface area contributed by atoms with Crippen molar-refractivity contribution in [3.05, 3.63) is 0 Å². The van der Waals surface area contributed by atoms with Crippen molar-refractivity contribution in [1.29, 1.82) is 0 Å². The van der Waals surface area contributed by atoms with Gasteiger partial charge in [0.1, 0.15) is 6.73 Å². The summed E-state index contributed by atoms with van der Waals surface area (Å²) in [6.45, 7) is 2.39. The molecule has 0 unspecified atom stereocenters. The number of hydrogen-bond donors (Lipinski definition) is 2. The molecule has 0 spiro atoms. The van der Waals surface area contributed by atoms with E-state index in [1.807, 2.05) is 0 Å². The molecule has 1 N–H and O–H groups in total. The summed E-state index contributed by atoms with van der Waals surface area (Å²) in [5, 5.41) is 0. The number of thiol groups is 1.